The average molecular weight is 374 g/mol. The van der Waals surface area contributed by atoms with Crippen molar-refractivity contribution in [2.75, 3.05) is 26.7 Å². The molecule has 0 atom stereocenters. The van der Waals surface area contributed by atoms with Crippen molar-refractivity contribution in [2.24, 2.45) is 5.92 Å². The SMILES string of the molecule is CNCC1CCN(S(=O)(=O)c2ccc(Cl)c(Cl)c2)CC1.Cl. The number of halogens is 3. The third-order valence-electron chi connectivity index (χ3n) is 3.60. The molecule has 1 aliphatic rings. The molecule has 1 aliphatic heterocycles. The van der Waals surface area contributed by atoms with E-state index in [2.05, 4.69) is 5.32 Å². The molecule has 1 aromatic rings. The van der Waals surface area contributed by atoms with Crippen LogP contribution in [-0.2, 0) is 10.0 Å². The van der Waals surface area contributed by atoms with E-state index in [1.54, 1.807) is 0 Å². The van der Waals surface area contributed by atoms with Crippen molar-refractivity contribution >= 4 is 45.6 Å². The fourth-order valence-corrected chi connectivity index (χ4v) is 4.29. The predicted octanol–water partition coefficient (Wildman–Crippen LogP) is 3.04. The minimum absolute atomic E-state index is 0. The fraction of sp³-hybridized carbons (Fsp3) is 0.538. The minimum Gasteiger partial charge on any atom is -0.319 e. The van der Waals surface area contributed by atoms with E-state index in [0.29, 0.717) is 24.0 Å². The second-order valence-electron chi connectivity index (χ2n) is 4.98. The van der Waals surface area contributed by atoms with Gasteiger partial charge in [0.1, 0.15) is 0 Å². The van der Waals surface area contributed by atoms with E-state index in [4.69, 9.17) is 23.2 Å². The van der Waals surface area contributed by atoms with Crippen LogP contribution < -0.4 is 5.32 Å². The van der Waals surface area contributed by atoms with Gasteiger partial charge in [-0.15, -0.1) is 12.4 Å². The van der Waals surface area contributed by atoms with Gasteiger partial charge in [0.15, 0.2) is 0 Å². The first-order chi connectivity index (χ1) is 9.45. The summed E-state index contributed by atoms with van der Waals surface area (Å²) in [7, 11) is -1.55. The molecule has 0 spiro atoms. The van der Waals surface area contributed by atoms with Crippen LogP contribution in [0, 0.1) is 5.92 Å². The summed E-state index contributed by atoms with van der Waals surface area (Å²) in [5, 5.41) is 3.76. The van der Waals surface area contributed by atoms with Crippen molar-refractivity contribution in [3.05, 3.63) is 28.2 Å². The van der Waals surface area contributed by atoms with Gasteiger partial charge in [-0.2, -0.15) is 4.31 Å². The number of nitrogens with one attached hydrogen (secondary N) is 1. The highest BCUT2D eigenvalue weighted by atomic mass is 35.5. The number of rotatable bonds is 4. The molecule has 0 radical (unpaired) electrons. The topological polar surface area (TPSA) is 49.4 Å². The highest BCUT2D eigenvalue weighted by molar-refractivity contribution is 7.89. The summed E-state index contributed by atoms with van der Waals surface area (Å²) in [6.07, 6.45) is 1.75. The molecular formula is C13H19Cl3N2O2S. The molecule has 120 valence electrons. The Hall–Kier alpha value is -0.0400. The molecular weight excluding hydrogens is 355 g/mol. The second kappa shape index (κ2) is 7.99. The summed E-state index contributed by atoms with van der Waals surface area (Å²) >= 11 is 11.7. The Morgan fingerprint density at radius 2 is 1.86 bits per heavy atom. The van der Waals surface area contributed by atoms with Crippen LogP contribution in [0.5, 0.6) is 0 Å². The maximum Gasteiger partial charge on any atom is 0.243 e. The monoisotopic (exact) mass is 372 g/mol. The van der Waals surface area contributed by atoms with Gasteiger partial charge in [-0.1, -0.05) is 23.2 Å². The summed E-state index contributed by atoms with van der Waals surface area (Å²) in [5.74, 6) is 0.542. The van der Waals surface area contributed by atoms with Gasteiger partial charge >= 0.3 is 0 Å². The molecule has 0 aliphatic carbocycles. The lowest BCUT2D eigenvalue weighted by atomic mass is 9.98. The van der Waals surface area contributed by atoms with Crippen LogP contribution in [0.4, 0.5) is 0 Å². The summed E-state index contributed by atoms with van der Waals surface area (Å²) < 4.78 is 26.6. The van der Waals surface area contributed by atoms with Crippen LogP contribution in [-0.4, -0.2) is 39.4 Å². The molecule has 0 amide bonds. The molecule has 1 saturated heterocycles. The van der Waals surface area contributed by atoms with E-state index in [9.17, 15) is 8.42 Å². The Morgan fingerprint density at radius 1 is 1.24 bits per heavy atom. The van der Waals surface area contributed by atoms with Crippen molar-refractivity contribution in [3.63, 3.8) is 0 Å². The first-order valence-corrected chi connectivity index (χ1v) is 8.74. The Morgan fingerprint density at radius 3 is 2.38 bits per heavy atom. The van der Waals surface area contributed by atoms with Crippen molar-refractivity contribution in [1.29, 1.82) is 0 Å². The zero-order valence-corrected chi connectivity index (χ0v) is 14.8. The van der Waals surface area contributed by atoms with Crippen molar-refractivity contribution in [3.8, 4) is 0 Å². The average Bonchev–Trinajstić information content (AvgIpc) is 2.43. The zero-order chi connectivity index (χ0) is 14.8. The molecule has 2 rings (SSSR count). The van der Waals surface area contributed by atoms with Crippen molar-refractivity contribution in [1.82, 2.24) is 9.62 Å². The Bertz CT molecular complexity index is 573. The van der Waals surface area contributed by atoms with E-state index in [1.165, 1.54) is 22.5 Å². The van der Waals surface area contributed by atoms with E-state index in [0.717, 1.165) is 19.4 Å². The number of piperidine rings is 1. The highest BCUT2D eigenvalue weighted by Gasteiger charge is 2.29. The van der Waals surface area contributed by atoms with E-state index in [-0.39, 0.29) is 22.3 Å². The van der Waals surface area contributed by atoms with Crippen molar-refractivity contribution in [2.45, 2.75) is 17.7 Å². The predicted molar refractivity (Wildman–Crippen MR) is 89.1 cm³/mol. The molecule has 4 nitrogen and oxygen atoms in total. The quantitative estimate of drug-likeness (QED) is 0.882. The molecule has 21 heavy (non-hydrogen) atoms. The summed E-state index contributed by atoms with van der Waals surface area (Å²) in [5.41, 5.74) is 0. The fourth-order valence-electron chi connectivity index (χ4n) is 2.43. The molecule has 8 heteroatoms. The third-order valence-corrected chi connectivity index (χ3v) is 6.23. The second-order valence-corrected chi connectivity index (χ2v) is 7.73. The van der Waals surface area contributed by atoms with Gasteiger partial charge < -0.3 is 5.32 Å². The van der Waals surface area contributed by atoms with Crippen LogP contribution in [0.2, 0.25) is 10.0 Å². The van der Waals surface area contributed by atoms with Crippen LogP contribution in [0.3, 0.4) is 0 Å². The maximum absolute atomic E-state index is 12.5. The Balaban J connectivity index is 0.00000220. The van der Waals surface area contributed by atoms with Crippen LogP contribution in [0.25, 0.3) is 0 Å². The lowest BCUT2D eigenvalue weighted by Crippen LogP contribution is -2.40. The van der Waals surface area contributed by atoms with Crippen molar-refractivity contribution < 1.29 is 8.42 Å². The van der Waals surface area contributed by atoms with E-state index < -0.39 is 10.0 Å². The minimum atomic E-state index is -3.47. The highest BCUT2D eigenvalue weighted by Crippen LogP contribution is 2.28. The number of sulfonamides is 1. The molecule has 0 aromatic heterocycles. The van der Waals surface area contributed by atoms with Gasteiger partial charge in [-0.25, -0.2) is 8.42 Å². The molecule has 0 unspecified atom stereocenters. The number of benzene rings is 1. The van der Waals surface area contributed by atoms with E-state index in [1.807, 2.05) is 7.05 Å². The van der Waals surface area contributed by atoms with Crippen LogP contribution >= 0.6 is 35.6 Å². The standard InChI is InChI=1S/C13H18Cl2N2O2S.ClH/c1-16-9-10-4-6-17(7-5-10)20(18,19)11-2-3-12(14)13(15)8-11;/h2-3,8,10,16H,4-7,9H2,1H3;1H. The smallest absolute Gasteiger partial charge is 0.243 e. The van der Waals surface area contributed by atoms with Gasteiger partial charge in [-0.05, 0) is 50.6 Å². The summed E-state index contributed by atoms with van der Waals surface area (Å²) in [4.78, 5) is 0.207. The molecule has 1 fully saturated rings. The molecule has 1 aromatic carbocycles. The van der Waals surface area contributed by atoms with Gasteiger partial charge in [-0.3, -0.25) is 0 Å². The van der Waals surface area contributed by atoms with E-state index >= 15 is 0 Å². The van der Waals surface area contributed by atoms with Gasteiger partial charge in [0.2, 0.25) is 10.0 Å². The first-order valence-electron chi connectivity index (χ1n) is 6.55. The normalized spacial score (nSPS) is 17.5. The first kappa shape index (κ1) is 19.0. The van der Waals surface area contributed by atoms with Gasteiger partial charge in [0.05, 0.1) is 14.9 Å². The lowest BCUT2D eigenvalue weighted by Gasteiger charge is -2.31. The Kier molecular flexibility index (Phi) is 7.24. The third kappa shape index (κ3) is 4.47. The Labute approximate surface area is 142 Å². The summed E-state index contributed by atoms with van der Waals surface area (Å²) in [6.45, 7) is 2.03. The van der Waals surface area contributed by atoms with Gasteiger partial charge in [0, 0.05) is 13.1 Å². The largest absolute Gasteiger partial charge is 0.319 e. The lowest BCUT2D eigenvalue weighted by molar-refractivity contribution is 0.270. The van der Waals surface area contributed by atoms with Crippen LogP contribution in [0.1, 0.15) is 12.8 Å². The molecule has 1 heterocycles. The maximum atomic E-state index is 12.5. The summed E-state index contributed by atoms with van der Waals surface area (Å²) in [6, 6.07) is 4.44. The molecule has 1 N–H and O–H groups in total. The molecule has 0 bridgehead atoms. The number of hydrogen-bond acceptors (Lipinski definition) is 3. The number of nitrogens with zero attached hydrogens (tertiary/aromatic N) is 1. The number of hydrogen-bond donors (Lipinski definition) is 1. The van der Waals surface area contributed by atoms with Gasteiger partial charge in [0.25, 0.3) is 0 Å². The zero-order valence-electron chi connectivity index (χ0n) is 11.7. The molecule has 0 saturated carbocycles. The van der Waals surface area contributed by atoms with Crippen LogP contribution in [0.15, 0.2) is 23.1 Å².